The fourth-order valence-electron chi connectivity index (χ4n) is 1.77. The summed E-state index contributed by atoms with van der Waals surface area (Å²) in [6.45, 7) is 0. The van der Waals surface area contributed by atoms with Crippen LogP contribution >= 0.6 is 0 Å². The van der Waals surface area contributed by atoms with E-state index in [2.05, 4.69) is 11.2 Å². The molecule has 112 valence electrons. The number of carboxylic acid groups (broad SMARTS) is 1. The Bertz CT molecular complexity index is 546. The predicted octanol–water partition coefficient (Wildman–Crippen LogP) is 1.88. The standard InChI is InChI=1S/C15H15F2NO3/c1-2-3-4-8-13(15(20)21)18-14(19)9-10-11(16)6-5-7-12(10)17/h1,5-7,13H,3-4,8-9H2,(H,18,19)(H,20,21)/t13-/m1/s1. The highest BCUT2D eigenvalue weighted by atomic mass is 19.1. The van der Waals surface area contributed by atoms with E-state index < -0.39 is 36.0 Å². The van der Waals surface area contributed by atoms with Crippen LogP contribution in [-0.4, -0.2) is 23.0 Å². The maximum absolute atomic E-state index is 13.4. The summed E-state index contributed by atoms with van der Waals surface area (Å²) >= 11 is 0. The average molecular weight is 295 g/mol. The fourth-order valence-corrected chi connectivity index (χ4v) is 1.77. The van der Waals surface area contributed by atoms with Crippen molar-refractivity contribution in [3.8, 4) is 12.3 Å². The first-order valence-corrected chi connectivity index (χ1v) is 6.34. The third kappa shape index (κ3) is 5.22. The summed E-state index contributed by atoms with van der Waals surface area (Å²) < 4.78 is 26.8. The Hall–Kier alpha value is -2.42. The monoisotopic (exact) mass is 295 g/mol. The molecule has 0 aromatic heterocycles. The van der Waals surface area contributed by atoms with Crippen molar-refractivity contribution in [1.82, 2.24) is 5.32 Å². The normalized spacial score (nSPS) is 11.5. The molecule has 1 aromatic carbocycles. The molecule has 6 heteroatoms. The third-order valence-electron chi connectivity index (χ3n) is 2.85. The van der Waals surface area contributed by atoms with Gasteiger partial charge in [-0.3, -0.25) is 4.79 Å². The first-order chi connectivity index (χ1) is 9.95. The average Bonchev–Trinajstić information content (AvgIpc) is 2.42. The Labute approximate surface area is 121 Å². The van der Waals surface area contributed by atoms with Crippen molar-refractivity contribution in [3.63, 3.8) is 0 Å². The highest BCUT2D eigenvalue weighted by Crippen LogP contribution is 2.13. The molecular formula is C15H15F2NO3. The van der Waals surface area contributed by atoms with Gasteiger partial charge in [0.2, 0.25) is 5.91 Å². The van der Waals surface area contributed by atoms with Crippen molar-refractivity contribution < 1.29 is 23.5 Å². The summed E-state index contributed by atoms with van der Waals surface area (Å²) in [6.07, 6.45) is 5.48. The SMILES string of the molecule is C#CCCC[C@@H](NC(=O)Cc1c(F)cccc1F)C(=O)O. The van der Waals surface area contributed by atoms with Crippen molar-refractivity contribution in [2.45, 2.75) is 31.7 Å². The van der Waals surface area contributed by atoms with Gasteiger partial charge in [-0.05, 0) is 25.0 Å². The van der Waals surface area contributed by atoms with Crippen LogP contribution in [0.3, 0.4) is 0 Å². The lowest BCUT2D eigenvalue weighted by Gasteiger charge is -2.14. The molecule has 1 amide bonds. The number of hydrogen-bond acceptors (Lipinski definition) is 2. The minimum absolute atomic E-state index is 0.158. The molecule has 21 heavy (non-hydrogen) atoms. The van der Waals surface area contributed by atoms with E-state index in [-0.39, 0.29) is 12.0 Å². The van der Waals surface area contributed by atoms with E-state index >= 15 is 0 Å². The lowest BCUT2D eigenvalue weighted by atomic mass is 10.1. The van der Waals surface area contributed by atoms with E-state index in [1.807, 2.05) is 0 Å². The van der Waals surface area contributed by atoms with E-state index in [0.29, 0.717) is 12.8 Å². The fraction of sp³-hybridized carbons (Fsp3) is 0.333. The van der Waals surface area contributed by atoms with Gasteiger partial charge in [-0.25, -0.2) is 13.6 Å². The summed E-state index contributed by atoms with van der Waals surface area (Å²) in [6, 6.07) is 2.13. The highest BCUT2D eigenvalue weighted by Gasteiger charge is 2.21. The Morgan fingerprint density at radius 2 is 1.95 bits per heavy atom. The van der Waals surface area contributed by atoms with Crippen molar-refractivity contribution in [1.29, 1.82) is 0 Å². The molecule has 0 fully saturated rings. The molecule has 0 aliphatic heterocycles. The van der Waals surface area contributed by atoms with Gasteiger partial charge in [0.1, 0.15) is 17.7 Å². The molecule has 0 unspecified atom stereocenters. The van der Waals surface area contributed by atoms with Crippen molar-refractivity contribution in [2.75, 3.05) is 0 Å². The van der Waals surface area contributed by atoms with Crippen LogP contribution in [0.1, 0.15) is 24.8 Å². The number of carboxylic acids is 1. The number of carbonyl (C=O) groups is 2. The Morgan fingerprint density at radius 1 is 1.33 bits per heavy atom. The van der Waals surface area contributed by atoms with Gasteiger partial charge < -0.3 is 10.4 Å². The number of unbranched alkanes of at least 4 members (excludes halogenated alkanes) is 1. The molecule has 2 N–H and O–H groups in total. The van der Waals surface area contributed by atoms with Gasteiger partial charge >= 0.3 is 5.97 Å². The molecule has 0 bridgehead atoms. The number of terminal acetylenes is 1. The lowest BCUT2D eigenvalue weighted by Crippen LogP contribution is -2.41. The van der Waals surface area contributed by atoms with Crippen LogP contribution in [0.4, 0.5) is 8.78 Å². The number of amides is 1. The minimum Gasteiger partial charge on any atom is -0.480 e. The summed E-state index contributed by atoms with van der Waals surface area (Å²) in [5, 5.41) is 11.2. The van der Waals surface area contributed by atoms with Crippen LogP contribution in [0, 0.1) is 24.0 Å². The first-order valence-electron chi connectivity index (χ1n) is 6.34. The van der Waals surface area contributed by atoms with Crippen molar-refractivity contribution in [2.24, 2.45) is 0 Å². The zero-order chi connectivity index (χ0) is 15.8. The van der Waals surface area contributed by atoms with Crippen molar-refractivity contribution >= 4 is 11.9 Å². The second-order valence-corrected chi connectivity index (χ2v) is 4.43. The van der Waals surface area contributed by atoms with Crippen LogP contribution in [-0.2, 0) is 16.0 Å². The smallest absolute Gasteiger partial charge is 0.326 e. The Balaban J connectivity index is 2.66. The van der Waals surface area contributed by atoms with Crippen LogP contribution in [0.5, 0.6) is 0 Å². The molecule has 0 saturated heterocycles. The van der Waals surface area contributed by atoms with Crippen LogP contribution in [0.15, 0.2) is 18.2 Å². The van der Waals surface area contributed by atoms with Gasteiger partial charge in [-0.1, -0.05) is 6.07 Å². The second kappa shape index (κ2) is 8.00. The Kier molecular flexibility index (Phi) is 6.34. The van der Waals surface area contributed by atoms with Crippen molar-refractivity contribution in [3.05, 3.63) is 35.4 Å². The molecule has 0 spiro atoms. The first kappa shape index (κ1) is 16.6. The van der Waals surface area contributed by atoms with Gasteiger partial charge in [-0.2, -0.15) is 0 Å². The largest absolute Gasteiger partial charge is 0.480 e. The van der Waals surface area contributed by atoms with Gasteiger partial charge in [0.05, 0.1) is 6.42 Å². The Morgan fingerprint density at radius 3 is 2.48 bits per heavy atom. The van der Waals surface area contributed by atoms with Crippen LogP contribution in [0.25, 0.3) is 0 Å². The molecule has 1 atom stereocenters. The molecule has 0 aliphatic carbocycles. The van der Waals surface area contributed by atoms with Crippen LogP contribution in [0.2, 0.25) is 0 Å². The van der Waals surface area contributed by atoms with Gasteiger partial charge in [0.15, 0.2) is 0 Å². The van der Waals surface area contributed by atoms with E-state index in [1.165, 1.54) is 6.07 Å². The molecule has 0 aliphatic rings. The van der Waals surface area contributed by atoms with Gasteiger partial charge in [0, 0.05) is 12.0 Å². The maximum Gasteiger partial charge on any atom is 0.326 e. The minimum atomic E-state index is -1.21. The maximum atomic E-state index is 13.4. The molecular weight excluding hydrogens is 280 g/mol. The molecule has 1 aromatic rings. The summed E-state index contributed by atoms with van der Waals surface area (Å²) in [5.41, 5.74) is -0.386. The van der Waals surface area contributed by atoms with E-state index in [4.69, 9.17) is 11.5 Å². The zero-order valence-corrected chi connectivity index (χ0v) is 11.2. The quantitative estimate of drug-likeness (QED) is 0.596. The lowest BCUT2D eigenvalue weighted by molar-refractivity contribution is -0.141. The number of benzene rings is 1. The molecule has 0 saturated carbocycles. The molecule has 1 rings (SSSR count). The molecule has 0 radical (unpaired) electrons. The summed E-state index contributed by atoms with van der Waals surface area (Å²) in [5.74, 6) is -1.29. The summed E-state index contributed by atoms with van der Waals surface area (Å²) in [4.78, 5) is 22.7. The number of hydrogen-bond donors (Lipinski definition) is 2. The second-order valence-electron chi connectivity index (χ2n) is 4.43. The number of aliphatic carboxylic acids is 1. The highest BCUT2D eigenvalue weighted by molar-refractivity contribution is 5.84. The van der Waals surface area contributed by atoms with Crippen LogP contribution < -0.4 is 5.32 Å². The molecule has 0 heterocycles. The number of halogens is 2. The number of nitrogens with one attached hydrogen (secondary N) is 1. The van der Waals surface area contributed by atoms with Gasteiger partial charge in [0.25, 0.3) is 0 Å². The van der Waals surface area contributed by atoms with E-state index in [9.17, 15) is 18.4 Å². The van der Waals surface area contributed by atoms with E-state index in [0.717, 1.165) is 12.1 Å². The topological polar surface area (TPSA) is 66.4 Å². The zero-order valence-electron chi connectivity index (χ0n) is 11.2. The molecule has 4 nitrogen and oxygen atoms in total. The number of rotatable bonds is 7. The predicted molar refractivity (Wildman–Crippen MR) is 72.3 cm³/mol. The summed E-state index contributed by atoms with van der Waals surface area (Å²) in [7, 11) is 0. The van der Waals surface area contributed by atoms with Gasteiger partial charge in [-0.15, -0.1) is 12.3 Å². The number of carbonyl (C=O) groups excluding carboxylic acids is 1. The van der Waals surface area contributed by atoms with E-state index in [1.54, 1.807) is 0 Å². The third-order valence-corrected chi connectivity index (χ3v) is 2.85.